The van der Waals surface area contributed by atoms with Gasteiger partial charge in [-0.1, -0.05) is 48.5 Å². The molecule has 0 spiro atoms. The van der Waals surface area contributed by atoms with E-state index < -0.39 is 5.97 Å². The molecule has 5 heteroatoms. The van der Waals surface area contributed by atoms with E-state index in [-0.39, 0.29) is 30.5 Å². The van der Waals surface area contributed by atoms with Gasteiger partial charge in [-0.3, -0.25) is 9.59 Å². The summed E-state index contributed by atoms with van der Waals surface area (Å²) in [5.74, 6) is -0.835. The molecule has 0 aromatic heterocycles. The van der Waals surface area contributed by atoms with Gasteiger partial charge in [0.25, 0.3) is 0 Å². The van der Waals surface area contributed by atoms with E-state index in [9.17, 15) is 14.7 Å². The third-order valence-corrected chi connectivity index (χ3v) is 4.01. The zero-order chi connectivity index (χ0) is 18.1. The highest BCUT2D eigenvalue weighted by molar-refractivity contribution is 5.76. The molecule has 3 N–H and O–H groups in total. The summed E-state index contributed by atoms with van der Waals surface area (Å²) in [5, 5.41) is 21.6. The summed E-state index contributed by atoms with van der Waals surface area (Å²) < 4.78 is 0. The first-order valence-corrected chi connectivity index (χ1v) is 8.36. The molecule has 0 saturated heterocycles. The van der Waals surface area contributed by atoms with E-state index in [1.807, 2.05) is 36.4 Å². The standard InChI is InChI=1S/C20H23NO4/c22-18-9-5-4-8-16(18)10-12-19(23)21-17(11-13-20(24)25)14-15-6-2-1-3-7-15/h1-9,17,22H,10-14H2,(H,21,23)(H,24,25). The molecule has 25 heavy (non-hydrogen) atoms. The van der Waals surface area contributed by atoms with Gasteiger partial charge >= 0.3 is 5.97 Å². The first-order valence-electron chi connectivity index (χ1n) is 8.36. The number of hydrogen-bond donors (Lipinski definition) is 3. The second-order valence-electron chi connectivity index (χ2n) is 6.02. The van der Waals surface area contributed by atoms with Gasteiger partial charge in [0.05, 0.1) is 0 Å². The molecule has 1 unspecified atom stereocenters. The van der Waals surface area contributed by atoms with Crippen molar-refractivity contribution in [2.24, 2.45) is 0 Å². The summed E-state index contributed by atoms with van der Waals surface area (Å²) in [6, 6.07) is 16.4. The average Bonchev–Trinajstić information content (AvgIpc) is 2.60. The number of benzene rings is 2. The van der Waals surface area contributed by atoms with Gasteiger partial charge < -0.3 is 15.5 Å². The highest BCUT2D eigenvalue weighted by Gasteiger charge is 2.15. The number of nitrogens with one attached hydrogen (secondary N) is 1. The van der Waals surface area contributed by atoms with Crippen LogP contribution >= 0.6 is 0 Å². The number of aromatic hydroxyl groups is 1. The number of carbonyl (C=O) groups is 2. The van der Waals surface area contributed by atoms with Crippen LogP contribution in [0.5, 0.6) is 5.75 Å². The summed E-state index contributed by atoms with van der Waals surface area (Å²) in [4.78, 5) is 23.1. The number of aliphatic carboxylic acids is 1. The Hall–Kier alpha value is -2.82. The van der Waals surface area contributed by atoms with E-state index in [2.05, 4.69) is 5.32 Å². The fourth-order valence-electron chi connectivity index (χ4n) is 2.69. The monoisotopic (exact) mass is 341 g/mol. The van der Waals surface area contributed by atoms with Crippen molar-refractivity contribution in [3.8, 4) is 5.75 Å². The number of carboxylic acids is 1. The maximum atomic E-state index is 12.2. The predicted octanol–water partition coefficient (Wildman–Crippen LogP) is 2.92. The Morgan fingerprint density at radius 1 is 0.960 bits per heavy atom. The van der Waals surface area contributed by atoms with Crippen molar-refractivity contribution in [1.29, 1.82) is 0 Å². The Morgan fingerprint density at radius 3 is 2.32 bits per heavy atom. The lowest BCUT2D eigenvalue weighted by molar-refractivity contribution is -0.137. The predicted molar refractivity (Wildman–Crippen MR) is 95.4 cm³/mol. The van der Waals surface area contributed by atoms with Gasteiger partial charge in [0.2, 0.25) is 5.91 Å². The SMILES string of the molecule is O=C(O)CCC(Cc1ccccc1)NC(=O)CCc1ccccc1O. The van der Waals surface area contributed by atoms with Crippen LogP contribution in [0.25, 0.3) is 0 Å². The van der Waals surface area contributed by atoms with Crippen LogP contribution < -0.4 is 5.32 Å². The Bertz CT molecular complexity index is 700. The van der Waals surface area contributed by atoms with E-state index in [4.69, 9.17) is 5.11 Å². The molecule has 0 aliphatic rings. The van der Waals surface area contributed by atoms with E-state index in [0.717, 1.165) is 11.1 Å². The smallest absolute Gasteiger partial charge is 0.303 e. The third kappa shape index (κ3) is 6.67. The third-order valence-electron chi connectivity index (χ3n) is 4.01. The van der Waals surface area contributed by atoms with E-state index in [1.54, 1.807) is 18.2 Å². The molecule has 2 aromatic rings. The van der Waals surface area contributed by atoms with Crippen LogP contribution in [0.2, 0.25) is 0 Å². The van der Waals surface area contributed by atoms with Crippen molar-refractivity contribution >= 4 is 11.9 Å². The molecule has 0 aliphatic carbocycles. The van der Waals surface area contributed by atoms with Crippen LogP contribution in [0.15, 0.2) is 54.6 Å². The van der Waals surface area contributed by atoms with Gasteiger partial charge in [-0.15, -0.1) is 0 Å². The maximum absolute atomic E-state index is 12.2. The van der Waals surface area contributed by atoms with Gasteiger partial charge in [-0.25, -0.2) is 0 Å². The normalized spacial score (nSPS) is 11.7. The van der Waals surface area contributed by atoms with Crippen molar-refractivity contribution in [2.45, 2.75) is 38.1 Å². The summed E-state index contributed by atoms with van der Waals surface area (Å²) in [6.07, 6.45) is 1.67. The molecular formula is C20H23NO4. The minimum Gasteiger partial charge on any atom is -0.508 e. The highest BCUT2D eigenvalue weighted by atomic mass is 16.4. The van der Waals surface area contributed by atoms with Crippen molar-refractivity contribution in [3.63, 3.8) is 0 Å². The first-order chi connectivity index (χ1) is 12.0. The topological polar surface area (TPSA) is 86.6 Å². The minimum absolute atomic E-state index is 0.0112. The van der Waals surface area contributed by atoms with E-state index in [1.165, 1.54) is 0 Å². The van der Waals surface area contributed by atoms with Crippen LogP contribution in [-0.4, -0.2) is 28.1 Å². The van der Waals surface area contributed by atoms with Gasteiger partial charge in [0, 0.05) is 18.9 Å². The Labute approximate surface area is 147 Å². The number of rotatable bonds is 9. The molecule has 0 saturated carbocycles. The Morgan fingerprint density at radius 2 is 1.64 bits per heavy atom. The molecule has 2 rings (SSSR count). The number of aryl methyl sites for hydroxylation is 1. The van der Waals surface area contributed by atoms with Crippen molar-refractivity contribution < 1.29 is 19.8 Å². The van der Waals surface area contributed by atoms with Gasteiger partial charge in [-0.2, -0.15) is 0 Å². The molecule has 0 heterocycles. The lowest BCUT2D eigenvalue weighted by atomic mass is 10.0. The molecule has 0 bridgehead atoms. The number of hydrogen-bond acceptors (Lipinski definition) is 3. The molecule has 0 radical (unpaired) electrons. The number of carbonyl (C=O) groups excluding carboxylic acids is 1. The van der Waals surface area contributed by atoms with Crippen molar-refractivity contribution in [3.05, 3.63) is 65.7 Å². The maximum Gasteiger partial charge on any atom is 0.303 e. The van der Waals surface area contributed by atoms with Gasteiger partial charge in [0.15, 0.2) is 0 Å². The summed E-state index contributed by atoms with van der Waals surface area (Å²) in [7, 11) is 0. The zero-order valence-corrected chi connectivity index (χ0v) is 14.0. The van der Waals surface area contributed by atoms with Crippen molar-refractivity contribution in [2.75, 3.05) is 0 Å². The summed E-state index contributed by atoms with van der Waals surface area (Å²) in [5.41, 5.74) is 1.78. The zero-order valence-electron chi connectivity index (χ0n) is 14.0. The van der Waals surface area contributed by atoms with Crippen LogP contribution in [0.3, 0.4) is 0 Å². The quantitative estimate of drug-likeness (QED) is 0.654. The fraction of sp³-hybridized carbons (Fsp3) is 0.300. The largest absolute Gasteiger partial charge is 0.508 e. The van der Waals surface area contributed by atoms with Gasteiger partial charge in [-0.05, 0) is 36.5 Å². The lowest BCUT2D eigenvalue weighted by Crippen LogP contribution is -2.37. The Balaban J connectivity index is 1.91. The lowest BCUT2D eigenvalue weighted by Gasteiger charge is -2.18. The van der Waals surface area contributed by atoms with Crippen LogP contribution in [0, 0.1) is 0 Å². The van der Waals surface area contributed by atoms with Gasteiger partial charge in [0.1, 0.15) is 5.75 Å². The van der Waals surface area contributed by atoms with Crippen molar-refractivity contribution in [1.82, 2.24) is 5.32 Å². The second kappa shape index (κ2) is 9.47. The summed E-state index contributed by atoms with van der Waals surface area (Å²) in [6.45, 7) is 0. The average molecular weight is 341 g/mol. The molecule has 2 aromatic carbocycles. The molecule has 0 fully saturated rings. The Kier molecular flexibility index (Phi) is 7.01. The van der Waals surface area contributed by atoms with E-state index in [0.29, 0.717) is 19.3 Å². The number of para-hydroxylation sites is 1. The second-order valence-corrected chi connectivity index (χ2v) is 6.02. The number of amides is 1. The van der Waals surface area contributed by atoms with Crippen LogP contribution in [0.1, 0.15) is 30.4 Å². The first kappa shape index (κ1) is 18.5. The molecule has 0 aliphatic heterocycles. The van der Waals surface area contributed by atoms with Crippen LogP contribution in [-0.2, 0) is 22.4 Å². The van der Waals surface area contributed by atoms with E-state index >= 15 is 0 Å². The molecule has 132 valence electrons. The highest BCUT2D eigenvalue weighted by Crippen LogP contribution is 2.17. The minimum atomic E-state index is -0.874. The summed E-state index contributed by atoms with van der Waals surface area (Å²) >= 11 is 0. The van der Waals surface area contributed by atoms with Crippen LogP contribution in [0.4, 0.5) is 0 Å². The number of phenolic OH excluding ortho intramolecular Hbond substituents is 1. The molecule has 1 atom stereocenters. The fourth-order valence-corrected chi connectivity index (χ4v) is 2.69. The number of phenols is 1. The molecular weight excluding hydrogens is 318 g/mol. The molecule has 1 amide bonds. The number of carboxylic acid groups (broad SMARTS) is 1. The molecule has 5 nitrogen and oxygen atoms in total.